The molecule has 0 unspecified atom stereocenters. The van der Waals surface area contributed by atoms with Crippen LogP contribution in [0.1, 0.15) is 12.8 Å². The van der Waals surface area contributed by atoms with E-state index in [9.17, 15) is 0 Å². The van der Waals surface area contributed by atoms with Gasteiger partial charge in [0.1, 0.15) is 5.82 Å². The van der Waals surface area contributed by atoms with Gasteiger partial charge in [0.25, 0.3) is 0 Å². The van der Waals surface area contributed by atoms with E-state index in [-0.39, 0.29) is 0 Å². The Labute approximate surface area is 198 Å². The fraction of sp³-hybridized carbons (Fsp3) is 0.280. The molecule has 32 heavy (non-hydrogen) atoms. The zero-order valence-corrected chi connectivity index (χ0v) is 19.6. The molecule has 0 aliphatic carbocycles. The number of anilines is 2. The summed E-state index contributed by atoms with van der Waals surface area (Å²) in [7, 11) is 2.16. The van der Waals surface area contributed by atoms with Crippen LogP contribution in [-0.4, -0.2) is 48.1 Å². The van der Waals surface area contributed by atoms with Crippen molar-refractivity contribution >= 4 is 56.5 Å². The largest absolute Gasteiger partial charge is 0.384 e. The van der Waals surface area contributed by atoms with Crippen LogP contribution >= 0.6 is 23.2 Å². The van der Waals surface area contributed by atoms with Gasteiger partial charge in [-0.05, 0) is 75.4 Å². The number of aromatic nitrogens is 2. The van der Waals surface area contributed by atoms with E-state index in [1.165, 1.54) is 0 Å². The second-order valence-electron chi connectivity index (χ2n) is 7.89. The van der Waals surface area contributed by atoms with E-state index in [1.807, 2.05) is 54.7 Å². The molecular formula is C25H27Cl2N5. The van der Waals surface area contributed by atoms with Crippen LogP contribution in [0.3, 0.4) is 0 Å². The van der Waals surface area contributed by atoms with Crippen LogP contribution in [0.2, 0.25) is 10.0 Å². The minimum absolute atomic E-state index is 0.683. The number of pyridine rings is 2. The molecule has 0 spiro atoms. The van der Waals surface area contributed by atoms with E-state index < -0.39 is 0 Å². The third kappa shape index (κ3) is 5.80. The van der Waals surface area contributed by atoms with Crippen molar-refractivity contribution in [3.05, 3.63) is 70.8 Å². The van der Waals surface area contributed by atoms with Crippen molar-refractivity contribution < 1.29 is 0 Å². The van der Waals surface area contributed by atoms with Crippen LogP contribution in [0.4, 0.5) is 11.5 Å². The molecule has 2 aromatic carbocycles. The molecule has 0 saturated carbocycles. The molecule has 0 atom stereocenters. The number of fused-ring (bicyclic) bond motifs is 2. The highest BCUT2D eigenvalue weighted by molar-refractivity contribution is 6.35. The first kappa shape index (κ1) is 22.6. The van der Waals surface area contributed by atoms with Gasteiger partial charge in [0.05, 0.1) is 16.1 Å². The normalized spacial score (nSPS) is 11.4. The Morgan fingerprint density at radius 2 is 1.72 bits per heavy atom. The lowest BCUT2D eigenvalue weighted by atomic mass is 10.2. The van der Waals surface area contributed by atoms with Crippen LogP contribution in [0.15, 0.2) is 60.8 Å². The molecule has 0 radical (unpaired) electrons. The minimum atomic E-state index is 0.683. The monoisotopic (exact) mass is 467 g/mol. The summed E-state index contributed by atoms with van der Waals surface area (Å²) in [4.78, 5) is 11.4. The summed E-state index contributed by atoms with van der Waals surface area (Å²) in [6.07, 6.45) is 3.92. The standard InChI is InChI=1S/C25H27Cl2N5/c1-32(15-3-12-28-22-11-14-29-23-17-19(26)8-9-20(22)23)16-4-13-30-24-10-7-18-5-2-6-21(27)25(18)31-24/h2,5-11,14,17H,3-4,12-13,15-16H2,1H3,(H,28,29)(H,30,31). The van der Waals surface area contributed by atoms with E-state index >= 15 is 0 Å². The van der Waals surface area contributed by atoms with Crippen molar-refractivity contribution in [2.24, 2.45) is 0 Å². The molecule has 4 aromatic rings. The smallest absolute Gasteiger partial charge is 0.126 e. The van der Waals surface area contributed by atoms with Crippen molar-refractivity contribution in [3.63, 3.8) is 0 Å². The molecule has 2 N–H and O–H groups in total. The Kier molecular flexibility index (Phi) is 7.63. The first-order chi connectivity index (χ1) is 15.6. The Morgan fingerprint density at radius 1 is 0.906 bits per heavy atom. The predicted molar refractivity (Wildman–Crippen MR) is 137 cm³/mol. The van der Waals surface area contributed by atoms with Gasteiger partial charge in [0.2, 0.25) is 0 Å². The lowest BCUT2D eigenvalue weighted by Gasteiger charge is -2.17. The van der Waals surface area contributed by atoms with Crippen LogP contribution in [-0.2, 0) is 0 Å². The molecule has 0 fully saturated rings. The van der Waals surface area contributed by atoms with E-state index in [2.05, 4.69) is 38.6 Å². The van der Waals surface area contributed by atoms with Crippen molar-refractivity contribution in [1.82, 2.24) is 14.9 Å². The summed E-state index contributed by atoms with van der Waals surface area (Å²) in [6, 6.07) is 17.7. The van der Waals surface area contributed by atoms with Crippen LogP contribution in [0.25, 0.3) is 21.8 Å². The summed E-state index contributed by atoms with van der Waals surface area (Å²) in [5.74, 6) is 0.864. The minimum Gasteiger partial charge on any atom is -0.384 e. The topological polar surface area (TPSA) is 53.1 Å². The second-order valence-corrected chi connectivity index (χ2v) is 8.74. The maximum atomic E-state index is 6.26. The summed E-state index contributed by atoms with van der Waals surface area (Å²) in [5.41, 5.74) is 2.85. The molecule has 7 heteroatoms. The first-order valence-electron chi connectivity index (χ1n) is 10.9. The van der Waals surface area contributed by atoms with Gasteiger partial charge < -0.3 is 15.5 Å². The van der Waals surface area contributed by atoms with E-state index in [0.717, 1.165) is 72.3 Å². The molecule has 5 nitrogen and oxygen atoms in total. The van der Waals surface area contributed by atoms with Gasteiger partial charge >= 0.3 is 0 Å². The molecule has 2 aromatic heterocycles. The molecule has 0 aliphatic heterocycles. The fourth-order valence-corrected chi connectivity index (χ4v) is 4.12. The molecule has 2 heterocycles. The lowest BCUT2D eigenvalue weighted by Crippen LogP contribution is -2.24. The number of hydrogen-bond acceptors (Lipinski definition) is 5. The van der Waals surface area contributed by atoms with Crippen molar-refractivity contribution in [2.75, 3.05) is 43.9 Å². The van der Waals surface area contributed by atoms with Gasteiger partial charge in [-0.2, -0.15) is 0 Å². The summed E-state index contributed by atoms with van der Waals surface area (Å²) < 4.78 is 0. The van der Waals surface area contributed by atoms with Gasteiger partial charge in [0, 0.05) is 40.8 Å². The van der Waals surface area contributed by atoms with Gasteiger partial charge in [-0.25, -0.2) is 4.98 Å². The molecule has 0 amide bonds. The van der Waals surface area contributed by atoms with Gasteiger partial charge in [-0.15, -0.1) is 0 Å². The number of hydrogen-bond donors (Lipinski definition) is 2. The summed E-state index contributed by atoms with van der Waals surface area (Å²) >= 11 is 12.3. The van der Waals surface area contributed by atoms with Crippen molar-refractivity contribution in [3.8, 4) is 0 Å². The molecule has 166 valence electrons. The fourth-order valence-electron chi connectivity index (χ4n) is 3.73. The average Bonchev–Trinajstić information content (AvgIpc) is 2.80. The first-order valence-corrected chi connectivity index (χ1v) is 11.6. The Hall–Kier alpha value is -2.60. The van der Waals surface area contributed by atoms with E-state index in [0.29, 0.717) is 10.0 Å². The van der Waals surface area contributed by atoms with Crippen molar-refractivity contribution in [1.29, 1.82) is 0 Å². The zero-order chi connectivity index (χ0) is 22.3. The molecule has 0 aliphatic rings. The number of halogens is 2. The quantitative estimate of drug-likeness (QED) is 0.267. The third-order valence-electron chi connectivity index (χ3n) is 5.43. The highest BCUT2D eigenvalue weighted by Gasteiger charge is 2.04. The van der Waals surface area contributed by atoms with Gasteiger partial charge in [-0.1, -0.05) is 35.3 Å². The third-order valence-corrected chi connectivity index (χ3v) is 5.97. The van der Waals surface area contributed by atoms with E-state index in [1.54, 1.807) is 0 Å². The Balaban J connectivity index is 1.16. The average molecular weight is 468 g/mol. The number of benzene rings is 2. The zero-order valence-electron chi connectivity index (χ0n) is 18.1. The van der Waals surface area contributed by atoms with Crippen LogP contribution in [0, 0.1) is 0 Å². The van der Waals surface area contributed by atoms with Gasteiger partial charge in [-0.3, -0.25) is 4.98 Å². The highest BCUT2D eigenvalue weighted by Crippen LogP contribution is 2.24. The number of nitrogens with one attached hydrogen (secondary N) is 2. The van der Waals surface area contributed by atoms with E-state index in [4.69, 9.17) is 23.2 Å². The Bertz CT molecular complexity index is 1200. The summed E-state index contributed by atoms with van der Waals surface area (Å²) in [5, 5.41) is 10.5. The second kappa shape index (κ2) is 10.8. The molecule has 0 saturated heterocycles. The molecule has 4 rings (SSSR count). The maximum absolute atomic E-state index is 6.26. The van der Waals surface area contributed by atoms with Crippen LogP contribution in [0.5, 0.6) is 0 Å². The molecular weight excluding hydrogens is 441 g/mol. The Morgan fingerprint density at radius 3 is 2.56 bits per heavy atom. The number of nitrogens with zero attached hydrogens (tertiary/aromatic N) is 3. The van der Waals surface area contributed by atoms with Crippen molar-refractivity contribution in [2.45, 2.75) is 12.8 Å². The summed E-state index contributed by atoms with van der Waals surface area (Å²) in [6.45, 7) is 3.84. The highest BCUT2D eigenvalue weighted by atomic mass is 35.5. The lowest BCUT2D eigenvalue weighted by molar-refractivity contribution is 0.331. The number of rotatable bonds is 10. The van der Waals surface area contributed by atoms with Gasteiger partial charge in [0.15, 0.2) is 0 Å². The maximum Gasteiger partial charge on any atom is 0.126 e. The molecule has 0 bridgehead atoms. The number of para-hydroxylation sites is 1. The van der Waals surface area contributed by atoms with Crippen LogP contribution < -0.4 is 10.6 Å². The SMILES string of the molecule is CN(CCCNc1ccc2cccc(Cl)c2n1)CCCNc1ccnc2cc(Cl)ccc12. The predicted octanol–water partition coefficient (Wildman–Crippen LogP) is 6.33.